The summed E-state index contributed by atoms with van der Waals surface area (Å²) in [5.41, 5.74) is 3.95. The van der Waals surface area contributed by atoms with Crippen LogP contribution in [0.1, 0.15) is 21.5 Å². The molecule has 3 nitrogen and oxygen atoms in total. The highest BCUT2D eigenvalue weighted by Gasteiger charge is 2.20. The van der Waals surface area contributed by atoms with E-state index in [2.05, 4.69) is 17.0 Å². The standard InChI is InChI=1S/C16H15NO2/c18-16(19)14-6-7-15-13(10-14)8-9-17(15)11-12-4-2-1-3-5-12/h1-7,10H,8-9,11H2,(H,18,19). The zero-order valence-electron chi connectivity index (χ0n) is 10.5. The Balaban J connectivity index is 1.84. The van der Waals surface area contributed by atoms with E-state index < -0.39 is 5.97 Å². The molecule has 19 heavy (non-hydrogen) atoms. The van der Waals surface area contributed by atoms with E-state index in [0.717, 1.165) is 30.8 Å². The van der Waals surface area contributed by atoms with Crippen LogP contribution < -0.4 is 4.90 Å². The van der Waals surface area contributed by atoms with Crippen molar-refractivity contribution < 1.29 is 9.90 Å². The highest BCUT2D eigenvalue weighted by Crippen LogP contribution is 2.30. The van der Waals surface area contributed by atoms with Gasteiger partial charge in [0, 0.05) is 18.8 Å². The fourth-order valence-electron chi connectivity index (χ4n) is 2.57. The number of fused-ring (bicyclic) bond motifs is 1. The minimum Gasteiger partial charge on any atom is -0.478 e. The van der Waals surface area contributed by atoms with Crippen LogP contribution in [0.15, 0.2) is 48.5 Å². The maximum Gasteiger partial charge on any atom is 0.335 e. The van der Waals surface area contributed by atoms with Crippen LogP contribution in [0.4, 0.5) is 5.69 Å². The van der Waals surface area contributed by atoms with Crippen molar-refractivity contribution in [2.24, 2.45) is 0 Å². The Labute approximate surface area is 112 Å². The van der Waals surface area contributed by atoms with Crippen LogP contribution in [0, 0.1) is 0 Å². The summed E-state index contributed by atoms with van der Waals surface area (Å²) in [6, 6.07) is 15.7. The van der Waals surface area contributed by atoms with E-state index in [-0.39, 0.29) is 0 Å². The van der Waals surface area contributed by atoms with E-state index in [1.807, 2.05) is 24.3 Å². The third-order valence-electron chi connectivity index (χ3n) is 3.53. The van der Waals surface area contributed by atoms with Crippen LogP contribution in [-0.4, -0.2) is 17.6 Å². The lowest BCUT2D eigenvalue weighted by Crippen LogP contribution is -2.19. The SMILES string of the molecule is O=C(O)c1ccc2c(c1)CCN2Cc1ccccc1. The fourth-order valence-corrected chi connectivity index (χ4v) is 2.57. The predicted octanol–water partition coefficient (Wildman–Crippen LogP) is 2.95. The number of hydrogen-bond acceptors (Lipinski definition) is 2. The molecule has 2 aromatic rings. The Morgan fingerprint density at radius 2 is 1.95 bits per heavy atom. The maximum atomic E-state index is 11.0. The largest absolute Gasteiger partial charge is 0.478 e. The molecule has 0 bridgehead atoms. The molecule has 2 aromatic carbocycles. The summed E-state index contributed by atoms with van der Waals surface area (Å²) in [5, 5.41) is 9.00. The Kier molecular flexibility index (Phi) is 2.95. The van der Waals surface area contributed by atoms with Crippen LogP contribution in [0.3, 0.4) is 0 Å². The van der Waals surface area contributed by atoms with Gasteiger partial charge >= 0.3 is 5.97 Å². The third kappa shape index (κ3) is 2.32. The normalized spacial score (nSPS) is 13.4. The molecular weight excluding hydrogens is 238 g/mol. The molecule has 0 aliphatic carbocycles. The summed E-state index contributed by atoms with van der Waals surface area (Å²) < 4.78 is 0. The van der Waals surface area contributed by atoms with Gasteiger partial charge in [0.15, 0.2) is 0 Å². The second-order valence-corrected chi connectivity index (χ2v) is 4.81. The first kappa shape index (κ1) is 11.8. The quantitative estimate of drug-likeness (QED) is 0.914. The van der Waals surface area contributed by atoms with Crippen molar-refractivity contribution in [1.82, 2.24) is 0 Å². The molecule has 1 aliphatic rings. The number of carboxylic acid groups (broad SMARTS) is 1. The molecule has 0 amide bonds. The molecule has 1 N–H and O–H groups in total. The number of hydrogen-bond donors (Lipinski definition) is 1. The van der Waals surface area contributed by atoms with Gasteiger partial charge in [-0.25, -0.2) is 4.79 Å². The first-order valence-electron chi connectivity index (χ1n) is 6.39. The average molecular weight is 253 g/mol. The number of aromatic carboxylic acids is 1. The Hall–Kier alpha value is -2.29. The van der Waals surface area contributed by atoms with Crippen molar-refractivity contribution in [3.63, 3.8) is 0 Å². The summed E-state index contributed by atoms with van der Waals surface area (Å²) in [6.07, 6.45) is 0.920. The number of rotatable bonds is 3. The minimum atomic E-state index is -0.857. The molecule has 0 aromatic heterocycles. The van der Waals surface area contributed by atoms with Crippen molar-refractivity contribution in [3.8, 4) is 0 Å². The number of benzene rings is 2. The van der Waals surface area contributed by atoms with E-state index in [1.54, 1.807) is 12.1 Å². The second kappa shape index (κ2) is 4.76. The smallest absolute Gasteiger partial charge is 0.335 e. The minimum absolute atomic E-state index is 0.375. The van der Waals surface area contributed by atoms with E-state index >= 15 is 0 Å². The molecule has 0 saturated carbocycles. The van der Waals surface area contributed by atoms with Gasteiger partial charge in [-0.05, 0) is 35.7 Å². The number of nitrogens with zero attached hydrogens (tertiary/aromatic N) is 1. The van der Waals surface area contributed by atoms with E-state index in [4.69, 9.17) is 5.11 Å². The third-order valence-corrected chi connectivity index (χ3v) is 3.53. The summed E-state index contributed by atoms with van der Waals surface area (Å²) in [5.74, 6) is -0.857. The molecule has 0 radical (unpaired) electrons. The van der Waals surface area contributed by atoms with Crippen molar-refractivity contribution in [2.45, 2.75) is 13.0 Å². The van der Waals surface area contributed by atoms with Gasteiger partial charge in [0.25, 0.3) is 0 Å². The molecule has 96 valence electrons. The zero-order chi connectivity index (χ0) is 13.2. The molecule has 0 spiro atoms. The lowest BCUT2D eigenvalue weighted by atomic mass is 10.1. The zero-order valence-corrected chi connectivity index (χ0v) is 10.5. The predicted molar refractivity (Wildman–Crippen MR) is 74.6 cm³/mol. The summed E-state index contributed by atoms with van der Waals surface area (Å²) in [6.45, 7) is 1.83. The lowest BCUT2D eigenvalue weighted by Gasteiger charge is -2.19. The van der Waals surface area contributed by atoms with Gasteiger partial charge in [0.2, 0.25) is 0 Å². The Morgan fingerprint density at radius 3 is 2.68 bits per heavy atom. The van der Waals surface area contributed by atoms with Crippen LogP contribution in [0.25, 0.3) is 0 Å². The highest BCUT2D eigenvalue weighted by molar-refractivity contribution is 5.88. The van der Waals surface area contributed by atoms with Gasteiger partial charge in [-0.1, -0.05) is 30.3 Å². The molecular formula is C16H15NO2. The van der Waals surface area contributed by atoms with E-state index in [0.29, 0.717) is 5.56 Å². The van der Waals surface area contributed by atoms with Crippen molar-refractivity contribution in [1.29, 1.82) is 0 Å². The fraction of sp³-hybridized carbons (Fsp3) is 0.188. The number of carbonyl (C=O) groups is 1. The molecule has 0 unspecified atom stereocenters. The number of carboxylic acids is 1. The lowest BCUT2D eigenvalue weighted by molar-refractivity contribution is 0.0697. The first-order chi connectivity index (χ1) is 9.24. The summed E-state index contributed by atoms with van der Waals surface area (Å²) in [7, 11) is 0. The molecule has 3 heteroatoms. The van der Waals surface area contributed by atoms with E-state index in [9.17, 15) is 4.79 Å². The van der Waals surface area contributed by atoms with Crippen molar-refractivity contribution >= 4 is 11.7 Å². The Bertz CT molecular complexity index is 607. The monoisotopic (exact) mass is 253 g/mol. The van der Waals surface area contributed by atoms with Gasteiger partial charge in [-0.2, -0.15) is 0 Å². The molecule has 0 fully saturated rings. The van der Waals surface area contributed by atoms with Gasteiger partial charge in [-0.3, -0.25) is 0 Å². The van der Waals surface area contributed by atoms with Gasteiger partial charge in [0.05, 0.1) is 5.56 Å². The van der Waals surface area contributed by atoms with Crippen LogP contribution in [-0.2, 0) is 13.0 Å². The Morgan fingerprint density at radius 1 is 1.16 bits per heavy atom. The van der Waals surface area contributed by atoms with Gasteiger partial charge < -0.3 is 10.0 Å². The summed E-state index contributed by atoms with van der Waals surface area (Å²) >= 11 is 0. The molecule has 1 heterocycles. The van der Waals surface area contributed by atoms with Gasteiger partial charge in [0.1, 0.15) is 0 Å². The van der Waals surface area contributed by atoms with Crippen molar-refractivity contribution in [3.05, 3.63) is 65.2 Å². The van der Waals surface area contributed by atoms with Crippen LogP contribution in [0.5, 0.6) is 0 Å². The number of anilines is 1. The molecule has 0 atom stereocenters. The van der Waals surface area contributed by atoms with Crippen molar-refractivity contribution in [2.75, 3.05) is 11.4 Å². The maximum absolute atomic E-state index is 11.0. The first-order valence-corrected chi connectivity index (χ1v) is 6.39. The topological polar surface area (TPSA) is 40.5 Å². The van der Waals surface area contributed by atoms with Crippen LogP contribution >= 0.6 is 0 Å². The molecule has 3 rings (SSSR count). The van der Waals surface area contributed by atoms with E-state index in [1.165, 1.54) is 5.56 Å². The second-order valence-electron chi connectivity index (χ2n) is 4.81. The average Bonchev–Trinajstić information content (AvgIpc) is 2.82. The van der Waals surface area contributed by atoms with Crippen LogP contribution in [0.2, 0.25) is 0 Å². The highest BCUT2D eigenvalue weighted by atomic mass is 16.4. The van der Waals surface area contributed by atoms with Gasteiger partial charge in [-0.15, -0.1) is 0 Å². The molecule has 1 aliphatic heterocycles. The molecule has 0 saturated heterocycles. The summed E-state index contributed by atoms with van der Waals surface area (Å²) in [4.78, 5) is 13.3.